The minimum atomic E-state index is -0.000514. The summed E-state index contributed by atoms with van der Waals surface area (Å²) in [6, 6.07) is 5.48. The number of carbonyl (C=O) groups excluding carboxylic acids is 1. The van der Waals surface area contributed by atoms with Crippen molar-refractivity contribution in [3.63, 3.8) is 0 Å². The second kappa shape index (κ2) is 8.69. The molecule has 0 radical (unpaired) electrons. The van der Waals surface area contributed by atoms with Crippen LogP contribution in [0.25, 0.3) is 0 Å². The van der Waals surface area contributed by atoms with Crippen LogP contribution in [-0.2, 0) is 11.2 Å². The van der Waals surface area contributed by atoms with E-state index >= 15 is 0 Å². The number of carbonyl (C=O) groups is 1. The highest BCUT2D eigenvalue weighted by Crippen LogP contribution is 2.27. The van der Waals surface area contributed by atoms with Gasteiger partial charge >= 0.3 is 0 Å². The van der Waals surface area contributed by atoms with Gasteiger partial charge in [0, 0.05) is 11.9 Å². The Morgan fingerprint density at radius 3 is 2.60 bits per heavy atom. The Bertz CT molecular complexity index is 435. The molecule has 0 aromatic heterocycles. The van der Waals surface area contributed by atoms with Gasteiger partial charge in [-0.3, -0.25) is 4.79 Å². The molecule has 0 saturated carbocycles. The van der Waals surface area contributed by atoms with Crippen molar-refractivity contribution in [3.8, 4) is 11.5 Å². The highest BCUT2D eigenvalue weighted by Gasteiger charge is 2.08. The fourth-order valence-electron chi connectivity index (χ4n) is 1.85. The van der Waals surface area contributed by atoms with Crippen molar-refractivity contribution < 1.29 is 14.3 Å². The third-order valence-corrected chi connectivity index (χ3v) is 3.13. The highest BCUT2D eigenvalue weighted by atomic mass is 35.5. The fourth-order valence-corrected chi connectivity index (χ4v) is 2.00. The number of halogens is 1. The molecule has 0 fully saturated rings. The maximum Gasteiger partial charge on any atom is 0.224 e. The Kier molecular flexibility index (Phi) is 7.23. The quantitative estimate of drug-likeness (QED) is 0.593. The van der Waals surface area contributed by atoms with Gasteiger partial charge in [-0.15, -0.1) is 11.6 Å². The average molecular weight is 300 g/mol. The molecular formula is C15H22ClNO3. The van der Waals surface area contributed by atoms with Gasteiger partial charge in [-0.2, -0.15) is 0 Å². The number of nitrogens with one attached hydrogen (secondary N) is 1. The van der Waals surface area contributed by atoms with E-state index in [0.717, 1.165) is 18.4 Å². The van der Waals surface area contributed by atoms with E-state index in [2.05, 4.69) is 5.32 Å². The molecule has 1 N–H and O–H groups in total. The van der Waals surface area contributed by atoms with E-state index in [9.17, 15) is 4.79 Å². The van der Waals surface area contributed by atoms with E-state index in [1.165, 1.54) is 0 Å². The topological polar surface area (TPSA) is 47.6 Å². The molecule has 0 spiro atoms. The Morgan fingerprint density at radius 2 is 2.00 bits per heavy atom. The van der Waals surface area contributed by atoms with Crippen molar-refractivity contribution in [1.82, 2.24) is 5.32 Å². The fraction of sp³-hybridized carbons (Fsp3) is 0.533. The predicted octanol–water partition coefficient (Wildman–Crippen LogP) is 2.77. The number of methoxy groups -OCH3 is 2. The van der Waals surface area contributed by atoms with Crippen LogP contribution in [0.2, 0.25) is 0 Å². The molecule has 112 valence electrons. The first kappa shape index (κ1) is 16.6. The van der Waals surface area contributed by atoms with Gasteiger partial charge in [-0.25, -0.2) is 0 Å². The Balaban J connectivity index is 2.45. The van der Waals surface area contributed by atoms with Crippen molar-refractivity contribution >= 4 is 17.5 Å². The van der Waals surface area contributed by atoms with Gasteiger partial charge in [-0.1, -0.05) is 6.07 Å². The number of amides is 1. The minimum absolute atomic E-state index is 0.000514. The highest BCUT2D eigenvalue weighted by molar-refractivity contribution is 6.20. The van der Waals surface area contributed by atoms with E-state index in [1.54, 1.807) is 20.3 Å². The molecular weight excluding hydrogens is 278 g/mol. The first-order valence-corrected chi connectivity index (χ1v) is 7.12. The second-order valence-electron chi connectivity index (χ2n) is 4.64. The van der Waals surface area contributed by atoms with Gasteiger partial charge in [0.05, 0.1) is 20.6 Å². The molecule has 0 aliphatic heterocycles. The number of hydrogen-bond donors (Lipinski definition) is 1. The molecule has 0 aliphatic rings. The Hall–Kier alpha value is -1.42. The van der Waals surface area contributed by atoms with Crippen molar-refractivity contribution in [2.75, 3.05) is 20.8 Å². The number of hydrogen-bond acceptors (Lipinski definition) is 3. The van der Waals surface area contributed by atoms with Crippen LogP contribution in [0.4, 0.5) is 0 Å². The molecule has 1 aromatic rings. The molecule has 1 unspecified atom stereocenters. The summed E-state index contributed by atoms with van der Waals surface area (Å²) in [4.78, 5) is 11.8. The van der Waals surface area contributed by atoms with Gasteiger partial charge in [0.2, 0.25) is 5.91 Å². The maximum atomic E-state index is 11.8. The SMILES string of the molecule is COc1ccc(CC(=O)NCCCC(C)Cl)cc1OC. The molecule has 1 amide bonds. The molecule has 0 aliphatic carbocycles. The average Bonchev–Trinajstić information content (AvgIpc) is 2.43. The minimum Gasteiger partial charge on any atom is -0.493 e. The van der Waals surface area contributed by atoms with Gasteiger partial charge in [0.15, 0.2) is 11.5 Å². The first-order valence-electron chi connectivity index (χ1n) is 6.68. The van der Waals surface area contributed by atoms with E-state index in [0.29, 0.717) is 24.5 Å². The smallest absolute Gasteiger partial charge is 0.224 e. The van der Waals surface area contributed by atoms with Crippen LogP contribution in [0, 0.1) is 0 Å². The van der Waals surface area contributed by atoms with E-state index < -0.39 is 0 Å². The van der Waals surface area contributed by atoms with Crippen molar-refractivity contribution in [1.29, 1.82) is 0 Å². The molecule has 20 heavy (non-hydrogen) atoms. The number of ether oxygens (including phenoxy) is 2. The molecule has 0 bridgehead atoms. The van der Waals surface area contributed by atoms with E-state index in [-0.39, 0.29) is 11.3 Å². The molecule has 0 saturated heterocycles. The zero-order chi connectivity index (χ0) is 15.0. The normalized spacial score (nSPS) is 11.8. The van der Waals surface area contributed by atoms with Crippen LogP contribution in [0.5, 0.6) is 11.5 Å². The number of rotatable bonds is 8. The monoisotopic (exact) mass is 299 g/mol. The molecule has 0 heterocycles. The van der Waals surface area contributed by atoms with Crippen LogP contribution in [0.15, 0.2) is 18.2 Å². The van der Waals surface area contributed by atoms with Gasteiger partial charge in [0.25, 0.3) is 0 Å². The molecule has 5 heteroatoms. The number of benzene rings is 1. The molecule has 1 rings (SSSR count). The lowest BCUT2D eigenvalue weighted by Crippen LogP contribution is -2.26. The summed E-state index contributed by atoms with van der Waals surface area (Å²) in [5, 5.41) is 3.03. The molecule has 1 aromatic carbocycles. The summed E-state index contributed by atoms with van der Waals surface area (Å²) >= 11 is 5.85. The third kappa shape index (κ3) is 5.70. The van der Waals surface area contributed by atoms with Crippen LogP contribution in [0.1, 0.15) is 25.3 Å². The summed E-state index contributed by atoms with van der Waals surface area (Å²) in [6.45, 7) is 2.61. The lowest BCUT2D eigenvalue weighted by atomic mass is 10.1. The molecule has 1 atom stereocenters. The van der Waals surface area contributed by atoms with E-state index in [1.807, 2.05) is 19.1 Å². The Morgan fingerprint density at radius 1 is 1.30 bits per heavy atom. The second-order valence-corrected chi connectivity index (χ2v) is 5.38. The first-order chi connectivity index (χ1) is 9.56. The van der Waals surface area contributed by atoms with Crippen molar-refractivity contribution in [2.24, 2.45) is 0 Å². The molecule has 4 nitrogen and oxygen atoms in total. The van der Waals surface area contributed by atoms with Crippen LogP contribution in [0.3, 0.4) is 0 Å². The van der Waals surface area contributed by atoms with Crippen LogP contribution in [-0.4, -0.2) is 32.0 Å². The lowest BCUT2D eigenvalue weighted by molar-refractivity contribution is -0.120. The summed E-state index contributed by atoms with van der Waals surface area (Å²) in [5.41, 5.74) is 0.894. The predicted molar refractivity (Wildman–Crippen MR) is 80.8 cm³/mol. The third-order valence-electron chi connectivity index (χ3n) is 2.91. The van der Waals surface area contributed by atoms with Crippen molar-refractivity contribution in [3.05, 3.63) is 23.8 Å². The van der Waals surface area contributed by atoms with E-state index in [4.69, 9.17) is 21.1 Å². The van der Waals surface area contributed by atoms with Gasteiger partial charge < -0.3 is 14.8 Å². The van der Waals surface area contributed by atoms with Gasteiger partial charge in [0.1, 0.15) is 0 Å². The summed E-state index contributed by atoms with van der Waals surface area (Å²) in [5.74, 6) is 1.29. The van der Waals surface area contributed by atoms with Crippen LogP contribution < -0.4 is 14.8 Å². The largest absolute Gasteiger partial charge is 0.493 e. The van der Waals surface area contributed by atoms with Gasteiger partial charge in [-0.05, 0) is 37.5 Å². The van der Waals surface area contributed by atoms with Crippen LogP contribution >= 0.6 is 11.6 Å². The van der Waals surface area contributed by atoms with Crippen molar-refractivity contribution in [2.45, 2.75) is 31.6 Å². The lowest BCUT2D eigenvalue weighted by Gasteiger charge is -2.10. The summed E-state index contributed by atoms with van der Waals surface area (Å²) in [6.07, 6.45) is 2.12. The standard InChI is InChI=1S/C15H22ClNO3/c1-11(16)5-4-8-17-15(18)10-12-6-7-13(19-2)14(9-12)20-3/h6-7,9,11H,4-5,8,10H2,1-3H3,(H,17,18). The zero-order valence-electron chi connectivity index (χ0n) is 12.2. The zero-order valence-corrected chi connectivity index (χ0v) is 13.0. The number of alkyl halides is 1. The maximum absolute atomic E-state index is 11.8. The Labute approximate surface area is 125 Å². The summed E-state index contributed by atoms with van der Waals surface area (Å²) < 4.78 is 10.4. The summed E-state index contributed by atoms with van der Waals surface area (Å²) in [7, 11) is 3.16.